The number of amides is 1. The van der Waals surface area contributed by atoms with E-state index in [1.807, 2.05) is 0 Å². The molecular weight excluding hydrogens is 455 g/mol. The van der Waals surface area contributed by atoms with E-state index in [1.165, 1.54) is 6.07 Å². The third-order valence-corrected chi connectivity index (χ3v) is 7.76. The lowest BCUT2D eigenvalue weighted by Gasteiger charge is -2.39. The van der Waals surface area contributed by atoms with Crippen molar-refractivity contribution in [3.05, 3.63) is 34.9 Å². The van der Waals surface area contributed by atoms with Crippen molar-refractivity contribution in [2.24, 2.45) is 11.8 Å². The van der Waals surface area contributed by atoms with Crippen LogP contribution in [0, 0.1) is 11.8 Å². The summed E-state index contributed by atoms with van der Waals surface area (Å²) in [6.45, 7) is 2.64. The number of aliphatic hydroxyl groups is 1. The van der Waals surface area contributed by atoms with Crippen molar-refractivity contribution in [1.29, 1.82) is 0 Å². The molecule has 10 heteroatoms. The number of benzene rings is 1. The average molecular weight is 481 g/mol. The zero-order chi connectivity index (χ0) is 24.4. The van der Waals surface area contributed by atoms with Crippen LogP contribution < -0.4 is 0 Å². The van der Waals surface area contributed by atoms with E-state index in [4.69, 9.17) is 0 Å². The Hall–Kier alpha value is -1.84. The maximum atomic E-state index is 14.5. The SMILES string of the molecule is CC1(O)CCN(C(=O)C2CCC3c4ccc(C(F)(C(F)(F)F)C(F)(F)F)cc4CCC23)CC1. The summed E-state index contributed by atoms with van der Waals surface area (Å²) in [6, 6.07) is 2.47. The van der Waals surface area contributed by atoms with Crippen LogP contribution in [0.2, 0.25) is 0 Å². The molecule has 1 amide bonds. The van der Waals surface area contributed by atoms with Crippen LogP contribution in [0.5, 0.6) is 0 Å². The van der Waals surface area contributed by atoms with Crippen molar-refractivity contribution >= 4 is 5.91 Å². The van der Waals surface area contributed by atoms with Gasteiger partial charge in [0, 0.05) is 24.6 Å². The number of carbonyl (C=O) groups is 1. The number of alkyl halides is 7. The number of halogens is 7. The van der Waals surface area contributed by atoms with Crippen LogP contribution in [0.25, 0.3) is 0 Å². The van der Waals surface area contributed by atoms with Crippen molar-refractivity contribution in [3.8, 4) is 0 Å². The van der Waals surface area contributed by atoms with Gasteiger partial charge in [-0.3, -0.25) is 4.79 Å². The first-order valence-corrected chi connectivity index (χ1v) is 11.1. The lowest BCUT2D eigenvalue weighted by atomic mass is 9.73. The first-order chi connectivity index (χ1) is 15.2. The Labute approximate surface area is 186 Å². The van der Waals surface area contributed by atoms with E-state index in [2.05, 4.69) is 0 Å². The lowest BCUT2D eigenvalue weighted by Crippen LogP contribution is -2.50. The maximum absolute atomic E-state index is 14.5. The van der Waals surface area contributed by atoms with Gasteiger partial charge in [0.25, 0.3) is 0 Å². The molecule has 0 bridgehead atoms. The first-order valence-electron chi connectivity index (χ1n) is 11.1. The van der Waals surface area contributed by atoms with Crippen LogP contribution in [-0.4, -0.2) is 47.0 Å². The Kier molecular flexibility index (Phi) is 5.78. The number of piperidine rings is 1. The molecule has 0 radical (unpaired) electrons. The fourth-order valence-electron chi connectivity index (χ4n) is 5.81. The monoisotopic (exact) mass is 481 g/mol. The molecular formula is C23H26F7NO2. The number of hydrogen-bond acceptors (Lipinski definition) is 2. The molecule has 0 aromatic heterocycles. The highest BCUT2D eigenvalue weighted by atomic mass is 19.4. The highest BCUT2D eigenvalue weighted by Gasteiger charge is 2.73. The molecule has 1 saturated heterocycles. The quantitative estimate of drug-likeness (QED) is 0.575. The Morgan fingerprint density at radius 2 is 1.61 bits per heavy atom. The summed E-state index contributed by atoms with van der Waals surface area (Å²) < 4.78 is 93.4. The first kappa shape index (κ1) is 24.3. The van der Waals surface area contributed by atoms with Crippen molar-refractivity contribution in [2.75, 3.05) is 13.1 Å². The Morgan fingerprint density at radius 1 is 1.00 bits per heavy atom. The van der Waals surface area contributed by atoms with Gasteiger partial charge >= 0.3 is 18.0 Å². The van der Waals surface area contributed by atoms with Gasteiger partial charge in [-0.05, 0) is 68.4 Å². The van der Waals surface area contributed by atoms with E-state index in [0.717, 1.165) is 0 Å². The van der Waals surface area contributed by atoms with Crippen molar-refractivity contribution in [3.63, 3.8) is 0 Å². The standard InChI is InChI=1S/C23H26F7NO2/c1-20(33)8-10-31(11-9-20)19(32)18-7-6-16-15-5-3-14(12-13(15)2-4-17(16)18)21(24,22(25,26)27)23(28,29)30/h3,5,12,16-18,33H,2,4,6-11H2,1H3. The predicted molar refractivity (Wildman–Crippen MR) is 105 cm³/mol. The molecule has 0 spiro atoms. The number of hydrogen-bond donors (Lipinski definition) is 1. The lowest BCUT2D eigenvalue weighted by molar-refractivity contribution is -0.348. The van der Waals surface area contributed by atoms with Crippen LogP contribution in [0.15, 0.2) is 18.2 Å². The number of nitrogens with zero attached hydrogens (tertiary/aromatic N) is 1. The highest BCUT2D eigenvalue weighted by Crippen LogP contribution is 2.55. The summed E-state index contributed by atoms with van der Waals surface area (Å²) >= 11 is 0. The molecule has 184 valence electrons. The van der Waals surface area contributed by atoms with E-state index in [9.17, 15) is 40.6 Å². The van der Waals surface area contributed by atoms with Gasteiger partial charge in [0.05, 0.1) is 5.60 Å². The van der Waals surface area contributed by atoms with E-state index in [1.54, 1.807) is 11.8 Å². The topological polar surface area (TPSA) is 40.5 Å². The van der Waals surface area contributed by atoms with Gasteiger partial charge in [0.15, 0.2) is 0 Å². The molecule has 1 aliphatic heterocycles. The van der Waals surface area contributed by atoms with Crippen LogP contribution in [-0.2, 0) is 16.9 Å². The average Bonchev–Trinajstić information content (AvgIpc) is 3.15. The number of likely N-dealkylation sites (tertiary alicyclic amines) is 1. The molecule has 3 nitrogen and oxygen atoms in total. The van der Waals surface area contributed by atoms with Crippen LogP contribution in [0.1, 0.15) is 61.6 Å². The second-order valence-corrected chi connectivity index (χ2v) is 9.88. The summed E-state index contributed by atoms with van der Waals surface area (Å²) in [5.74, 6) is -0.486. The molecule has 2 fully saturated rings. The fraction of sp³-hybridized carbons (Fsp3) is 0.696. The molecule has 1 heterocycles. The minimum atomic E-state index is -6.14. The number of fused-ring (bicyclic) bond motifs is 3. The smallest absolute Gasteiger partial charge is 0.390 e. The van der Waals surface area contributed by atoms with E-state index in [0.29, 0.717) is 62.9 Å². The normalized spacial score (nSPS) is 27.8. The molecule has 2 aliphatic carbocycles. The molecule has 3 unspecified atom stereocenters. The number of rotatable bonds is 2. The Balaban J connectivity index is 1.56. The second-order valence-electron chi connectivity index (χ2n) is 9.88. The summed E-state index contributed by atoms with van der Waals surface area (Å²) in [4.78, 5) is 14.9. The molecule has 3 atom stereocenters. The van der Waals surface area contributed by atoms with Gasteiger partial charge in [0.2, 0.25) is 5.91 Å². The maximum Gasteiger partial charge on any atom is 0.435 e. The van der Waals surface area contributed by atoms with Crippen LogP contribution in [0.4, 0.5) is 30.7 Å². The molecule has 1 aromatic carbocycles. The van der Waals surface area contributed by atoms with Gasteiger partial charge < -0.3 is 10.0 Å². The van der Waals surface area contributed by atoms with Crippen LogP contribution >= 0.6 is 0 Å². The van der Waals surface area contributed by atoms with Crippen molar-refractivity contribution in [1.82, 2.24) is 4.90 Å². The van der Waals surface area contributed by atoms with Gasteiger partial charge in [-0.2, -0.15) is 26.3 Å². The Morgan fingerprint density at radius 3 is 2.18 bits per heavy atom. The fourth-order valence-corrected chi connectivity index (χ4v) is 5.81. The second kappa shape index (κ2) is 7.85. The van der Waals surface area contributed by atoms with Gasteiger partial charge in [-0.15, -0.1) is 0 Å². The van der Waals surface area contributed by atoms with Crippen LogP contribution in [0.3, 0.4) is 0 Å². The van der Waals surface area contributed by atoms with E-state index in [-0.39, 0.29) is 35.6 Å². The zero-order valence-electron chi connectivity index (χ0n) is 18.1. The van der Waals surface area contributed by atoms with E-state index >= 15 is 0 Å². The molecule has 4 rings (SSSR count). The third kappa shape index (κ3) is 4.02. The molecule has 1 saturated carbocycles. The molecule has 1 aromatic rings. The van der Waals surface area contributed by atoms with E-state index < -0.39 is 29.2 Å². The summed E-state index contributed by atoms with van der Waals surface area (Å²) in [6.07, 6.45) is -9.50. The van der Waals surface area contributed by atoms with Gasteiger partial charge in [-0.1, -0.05) is 18.2 Å². The molecule has 3 aliphatic rings. The van der Waals surface area contributed by atoms with Gasteiger partial charge in [0.1, 0.15) is 0 Å². The Bertz CT molecular complexity index is 900. The summed E-state index contributed by atoms with van der Waals surface area (Å²) in [5, 5.41) is 10.1. The number of carbonyl (C=O) groups excluding carboxylic acids is 1. The predicted octanol–water partition coefficient (Wildman–Crippen LogP) is 5.41. The summed E-state index contributed by atoms with van der Waals surface area (Å²) in [5.41, 5.74) is -6.79. The van der Waals surface area contributed by atoms with Crippen molar-refractivity contribution < 1.29 is 40.6 Å². The van der Waals surface area contributed by atoms with Crippen molar-refractivity contribution in [2.45, 2.75) is 75.0 Å². The highest BCUT2D eigenvalue weighted by molar-refractivity contribution is 5.80. The minimum absolute atomic E-state index is 0.00464. The molecule has 33 heavy (non-hydrogen) atoms. The molecule has 1 N–H and O–H groups in total. The largest absolute Gasteiger partial charge is 0.435 e. The van der Waals surface area contributed by atoms with Gasteiger partial charge in [-0.25, -0.2) is 4.39 Å². The minimum Gasteiger partial charge on any atom is -0.390 e. The summed E-state index contributed by atoms with van der Waals surface area (Å²) in [7, 11) is 0. The zero-order valence-corrected chi connectivity index (χ0v) is 18.1. The third-order valence-electron chi connectivity index (χ3n) is 7.76. The number of aryl methyl sites for hydroxylation is 1.